The third-order valence-electron chi connectivity index (χ3n) is 2.72. The third kappa shape index (κ3) is 1.58. The molecule has 0 saturated carbocycles. The third-order valence-corrected chi connectivity index (χ3v) is 2.72. The quantitative estimate of drug-likeness (QED) is 0.736. The molecule has 3 aromatic rings. The second-order valence-corrected chi connectivity index (χ2v) is 3.96. The average Bonchev–Trinajstić information content (AvgIpc) is 2.82. The van der Waals surface area contributed by atoms with Crippen molar-refractivity contribution in [2.45, 2.75) is 6.92 Å². The molecular formula is C12H12N6. The first-order valence-corrected chi connectivity index (χ1v) is 5.59. The zero-order chi connectivity index (χ0) is 12.5. The molecule has 3 heterocycles. The van der Waals surface area contributed by atoms with Crippen molar-refractivity contribution in [3.05, 3.63) is 36.4 Å². The zero-order valence-corrected chi connectivity index (χ0v) is 10.1. The molecule has 0 spiro atoms. The number of hydrogen-bond acceptors (Lipinski definition) is 5. The molecule has 90 valence electrons. The normalized spacial score (nSPS) is 10.8. The van der Waals surface area contributed by atoms with Crippen LogP contribution in [-0.2, 0) is 0 Å². The molecule has 0 saturated heterocycles. The van der Waals surface area contributed by atoms with Crippen LogP contribution in [0.4, 0.5) is 5.82 Å². The second-order valence-electron chi connectivity index (χ2n) is 3.96. The number of aryl methyl sites for hydroxylation is 1. The number of rotatable bonds is 2. The summed E-state index contributed by atoms with van der Waals surface area (Å²) in [6.45, 7) is 2.02. The SMILES string of the molecule is CNc1ncnc2c1cnn2-c1cc(C)ccn1. The second kappa shape index (κ2) is 4.06. The Morgan fingerprint density at radius 3 is 2.89 bits per heavy atom. The monoisotopic (exact) mass is 240 g/mol. The maximum absolute atomic E-state index is 4.33. The number of anilines is 1. The number of hydrogen-bond donors (Lipinski definition) is 1. The predicted molar refractivity (Wildman–Crippen MR) is 68.7 cm³/mol. The zero-order valence-electron chi connectivity index (χ0n) is 10.1. The van der Waals surface area contributed by atoms with E-state index in [0.29, 0.717) is 0 Å². The summed E-state index contributed by atoms with van der Waals surface area (Å²) in [5.74, 6) is 1.52. The maximum Gasteiger partial charge on any atom is 0.170 e. The van der Waals surface area contributed by atoms with Gasteiger partial charge < -0.3 is 5.32 Å². The van der Waals surface area contributed by atoms with Crippen molar-refractivity contribution in [2.75, 3.05) is 12.4 Å². The first-order valence-electron chi connectivity index (χ1n) is 5.59. The lowest BCUT2D eigenvalue weighted by Crippen LogP contribution is -2.01. The summed E-state index contributed by atoms with van der Waals surface area (Å²) in [6, 6.07) is 3.91. The summed E-state index contributed by atoms with van der Waals surface area (Å²) in [5, 5.41) is 8.23. The molecule has 0 aliphatic heterocycles. The first-order chi connectivity index (χ1) is 8.79. The fraction of sp³-hybridized carbons (Fsp3) is 0.167. The predicted octanol–water partition coefficient (Wildman–Crippen LogP) is 1.56. The molecule has 0 aromatic carbocycles. The van der Waals surface area contributed by atoms with Crippen molar-refractivity contribution in [1.82, 2.24) is 24.7 Å². The van der Waals surface area contributed by atoms with Crippen LogP contribution in [0, 0.1) is 6.92 Å². The van der Waals surface area contributed by atoms with Gasteiger partial charge in [-0.15, -0.1) is 0 Å². The van der Waals surface area contributed by atoms with E-state index in [9.17, 15) is 0 Å². The average molecular weight is 240 g/mol. The Kier molecular flexibility index (Phi) is 2.40. The van der Waals surface area contributed by atoms with E-state index in [-0.39, 0.29) is 0 Å². The van der Waals surface area contributed by atoms with Gasteiger partial charge >= 0.3 is 0 Å². The minimum atomic E-state index is 0.743. The van der Waals surface area contributed by atoms with Crippen LogP contribution in [0.15, 0.2) is 30.9 Å². The van der Waals surface area contributed by atoms with Crippen LogP contribution >= 0.6 is 0 Å². The van der Waals surface area contributed by atoms with Crippen molar-refractivity contribution in [1.29, 1.82) is 0 Å². The standard InChI is InChI=1S/C12H12N6/c1-8-3-4-14-10(5-8)18-12-9(6-17-18)11(13-2)15-7-16-12/h3-7H,1-2H3,(H,13,15,16). The van der Waals surface area contributed by atoms with Gasteiger partial charge in [0.2, 0.25) is 0 Å². The lowest BCUT2D eigenvalue weighted by atomic mass is 10.3. The summed E-state index contributed by atoms with van der Waals surface area (Å²) in [7, 11) is 1.82. The largest absolute Gasteiger partial charge is 0.372 e. The van der Waals surface area contributed by atoms with Crippen molar-refractivity contribution in [2.24, 2.45) is 0 Å². The van der Waals surface area contributed by atoms with Gasteiger partial charge in [0.25, 0.3) is 0 Å². The molecule has 3 aromatic heterocycles. The number of nitrogens with one attached hydrogen (secondary N) is 1. The molecule has 6 heteroatoms. The van der Waals surface area contributed by atoms with E-state index in [1.165, 1.54) is 6.33 Å². The molecule has 18 heavy (non-hydrogen) atoms. The summed E-state index contributed by atoms with van der Waals surface area (Å²) < 4.78 is 1.71. The van der Waals surface area contributed by atoms with Crippen LogP contribution in [0.25, 0.3) is 16.9 Å². The van der Waals surface area contributed by atoms with Gasteiger partial charge in [-0.1, -0.05) is 0 Å². The molecular weight excluding hydrogens is 228 g/mol. The van der Waals surface area contributed by atoms with Crippen LogP contribution in [0.5, 0.6) is 0 Å². The van der Waals surface area contributed by atoms with Crippen LogP contribution in [0.2, 0.25) is 0 Å². The molecule has 0 amide bonds. The van der Waals surface area contributed by atoms with E-state index in [2.05, 4.69) is 25.4 Å². The van der Waals surface area contributed by atoms with Gasteiger partial charge in [0.15, 0.2) is 11.5 Å². The Morgan fingerprint density at radius 1 is 1.22 bits per heavy atom. The van der Waals surface area contributed by atoms with Crippen LogP contribution < -0.4 is 5.32 Å². The molecule has 0 atom stereocenters. The molecule has 0 bridgehead atoms. The first kappa shape index (κ1) is 10.6. The highest BCUT2D eigenvalue weighted by atomic mass is 15.3. The lowest BCUT2D eigenvalue weighted by Gasteiger charge is -2.03. The van der Waals surface area contributed by atoms with Gasteiger partial charge in [0.05, 0.1) is 11.6 Å². The molecule has 0 aliphatic carbocycles. The highest BCUT2D eigenvalue weighted by molar-refractivity contribution is 5.86. The Labute approximate surface area is 104 Å². The maximum atomic E-state index is 4.33. The topological polar surface area (TPSA) is 68.5 Å². The number of aromatic nitrogens is 5. The van der Waals surface area contributed by atoms with E-state index >= 15 is 0 Å². The molecule has 3 rings (SSSR count). The molecule has 6 nitrogen and oxygen atoms in total. The van der Waals surface area contributed by atoms with Crippen LogP contribution in [-0.4, -0.2) is 31.8 Å². The van der Waals surface area contributed by atoms with Crippen molar-refractivity contribution in [3.8, 4) is 5.82 Å². The molecule has 1 N–H and O–H groups in total. The highest BCUT2D eigenvalue weighted by Crippen LogP contribution is 2.20. The number of fused-ring (bicyclic) bond motifs is 1. The fourth-order valence-electron chi connectivity index (χ4n) is 1.85. The fourth-order valence-corrected chi connectivity index (χ4v) is 1.85. The van der Waals surface area contributed by atoms with Crippen LogP contribution in [0.3, 0.4) is 0 Å². The number of pyridine rings is 1. The van der Waals surface area contributed by atoms with Gasteiger partial charge in [0, 0.05) is 13.2 Å². The summed E-state index contributed by atoms with van der Waals surface area (Å²) in [4.78, 5) is 12.7. The Morgan fingerprint density at radius 2 is 2.11 bits per heavy atom. The number of nitrogens with zero attached hydrogens (tertiary/aromatic N) is 5. The Hall–Kier alpha value is -2.50. The molecule has 0 radical (unpaired) electrons. The van der Waals surface area contributed by atoms with E-state index in [0.717, 1.165) is 28.2 Å². The van der Waals surface area contributed by atoms with E-state index < -0.39 is 0 Å². The molecule has 0 unspecified atom stereocenters. The van der Waals surface area contributed by atoms with Gasteiger partial charge in [-0.2, -0.15) is 9.78 Å². The van der Waals surface area contributed by atoms with Gasteiger partial charge in [-0.3, -0.25) is 0 Å². The van der Waals surface area contributed by atoms with Gasteiger partial charge in [-0.25, -0.2) is 15.0 Å². The highest BCUT2D eigenvalue weighted by Gasteiger charge is 2.10. The lowest BCUT2D eigenvalue weighted by molar-refractivity contribution is 0.859. The van der Waals surface area contributed by atoms with E-state index in [4.69, 9.17) is 0 Å². The van der Waals surface area contributed by atoms with E-state index in [1.54, 1.807) is 17.1 Å². The van der Waals surface area contributed by atoms with E-state index in [1.807, 2.05) is 26.1 Å². The van der Waals surface area contributed by atoms with Crippen molar-refractivity contribution in [3.63, 3.8) is 0 Å². The summed E-state index contributed by atoms with van der Waals surface area (Å²) in [6.07, 6.45) is 5.02. The van der Waals surface area contributed by atoms with Gasteiger partial charge in [-0.05, 0) is 24.6 Å². The molecule has 0 aliphatic rings. The summed E-state index contributed by atoms with van der Waals surface area (Å²) >= 11 is 0. The van der Waals surface area contributed by atoms with Crippen molar-refractivity contribution < 1.29 is 0 Å². The Bertz CT molecular complexity index is 703. The van der Waals surface area contributed by atoms with Crippen molar-refractivity contribution >= 4 is 16.9 Å². The molecule has 0 fully saturated rings. The Balaban J connectivity index is 2.25. The summed E-state index contributed by atoms with van der Waals surface area (Å²) in [5.41, 5.74) is 1.87. The minimum absolute atomic E-state index is 0.743. The smallest absolute Gasteiger partial charge is 0.170 e. The minimum Gasteiger partial charge on any atom is -0.372 e. The van der Waals surface area contributed by atoms with Gasteiger partial charge in [0.1, 0.15) is 12.1 Å². The van der Waals surface area contributed by atoms with Crippen LogP contribution in [0.1, 0.15) is 5.56 Å².